The van der Waals surface area contributed by atoms with Crippen molar-refractivity contribution in [3.05, 3.63) is 27.7 Å². The van der Waals surface area contributed by atoms with Gasteiger partial charge in [-0.1, -0.05) is 15.9 Å². The Morgan fingerprint density at radius 3 is 3.06 bits per heavy atom. The summed E-state index contributed by atoms with van der Waals surface area (Å²) >= 11 is 3.40. The summed E-state index contributed by atoms with van der Waals surface area (Å²) in [7, 11) is 1.33. The van der Waals surface area contributed by atoms with Gasteiger partial charge in [-0.05, 0) is 12.1 Å². The molecule has 0 amide bonds. The fourth-order valence-electron chi connectivity index (χ4n) is 1.74. The zero-order valence-electron chi connectivity index (χ0n) is 8.70. The number of aliphatic hydroxyl groups is 1. The summed E-state index contributed by atoms with van der Waals surface area (Å²) in [6.07, 6.45) is 0.314. The third-order valence-electron chi connectivity index (χ3n) is 2.53. The first kappa shape index (κ1) is 11.4. The van der Waals surface area contributed by atoms with Gasteiger partial charge in [0.25, 0.3) is 0 Å². The van der Waals surface area contributed by atoms with Crippen LogP contribution in [0.3, 0.4) is 0 Å². The molecule has 1 aromatic carbocycles. The van der Waals surface area contributed by atoms with E-state index in [1.165, 1.54) is 7.11 Å². The van der Waals surface area contributed by atoms with E-state index in [1.54, 1.807) is 12.1 Å². The molecule has 0 spiro atoms. The normalized spacial score (nSPS) is 17.8. The van der Waals surface area contributed by atoms with Crippen molar-refractivity contribution >= 4 is 21.9 Å². The average molecular weight is 287 g/mol. The highest BCUT2D eigenvalue weighted by molar-refractivity contribution is 9.10. The largest absolute Gasteiger partial charge is 0.486 e. The topological polar surface area (TPSA) is 55.8 Å². The van der Waals surface area contributed by atoms with Crippen LogP contribution in [-0.4, -0.2) is 30.9 Å². The molecule has 1 aliphatic heterocycles. The molecule has 0 aliphatic carbocycles. The molecular formula is C11H11BrO4. The predicted molar refractivity (Wildman–Crippen MR) is 60.7 cm³/mol. The van der Waals surface area contributed by atoms with Gasteiger partial charge in [0, 0.05) is 16.5 Å². The number of ether oxygens (including phenoxy) is 2. The van der Waals surface area contributed by atoms with Gasteiger partial charge in [0.05, 0.1) is 13.7 Å². The number of hydrogen-bond acceptors (Lipinski definition) is 4. The zero-order chi connectivity index (χ0) is 11.7. The van der Waals surface area contributed by atoms with E-state index in [4.69, 9.17) is 9.84 Å². The number of rotatable bonds is 2. The van der Waals surface area contributed by atoms with Crippen molar-refractivity contribution in [1.82, 2.24) is 0 Å². The summed E-state index contributed by atoms with van der Waals surface area (Å²) in [4.78, 5) is 11.5. The molecule has 0 saturated carbocycles. The number of hydrogen-bond donors (Lipinski definition) is 1. The number of aliphatic hydroxyl groups excluding tert-OH is 1. The summed E-state index contributed by atoms with van der Waals surface area (Å²) in [5.74, 6) is 0.0858. The Morgan fingerprint density at radius 1 is 1.69 bits per heavy atom. The Bertz CT molecular complexity index is 430. The molecule has 86 valence electrons. The van der Waals surface area contributed by atoms with Crippen LogP contribution in [0.5, 0.6) is 5.75 Å². The van der Waals surface area contributed by atoms with Crippen LogP contribution in [0.2, 0.25) is 0 Å². The van der Waals surface area contributed by atoms with Crippen molar-refractivity contribution in [1.29, 1.82) is 0 Å². The SMILES string of the molecule is COC(=O)c1ccc(Br)c2c1OC(CO)C2. The first-order valence-corrected chi connectivity index (χ1v) is 5.64. The highest BCUT2D eigenvalue weighted by atomic mass is 79.9. The van der Waals surface area contributed by atoms with Crippen molar-refractivity contribution in [3.63, 3.8) is 0 Å². The van der Waals surface area contributed by atoms with Gasteiger partial charge < -0.3 is 14.6 Å². The summed E-state index contributed by atoms with van der Waals surface area (Å²) in [5, 5.41) is 9.06. The molecule has 16 heavy (non-hydrogen) atoms. The molecule has 0 saturated heterocycles. The maximum Gasteiger partial charge on any atom is 0.341 e. The molecule has 0 radical (unpaired) electrons. The van der Waals surface area contributed by atoms with E-state index < -0.39 is 5.97 Å². The first-order valence-electron chi connectivity index (χ1n) is 4.84. The molecule has 4 nitrogen and oxygen atoms in total. The van der Waals surface area contributed by atoms with Crippen LogP contribution in [0.4, 0.5) is 0 Å². The molecule has 5 heteroatoms. The van der Waals surface area contributed by atoms with Crippen LogP contribution in [-0.2, 0) is 11.2 Å². The van der Waals surface area contributed by atoms with Gasteiger partial charge in [0.1, 0.15) is 17.4 Å². The minimum atomic E-state index is -0.428. The van der Waals surface area contributed by atoms with Crippen LogP contribution >= 0.6 is 15.9 Å². The number of fused-ring (bicyclic) bond motifs is 1. The maximum absolute atomic E-state index is 11.5. The molecule has 1 aromatic rings. The molecule has 2 rings (SSSR count). The molecule has 1 aliphatic rings. The molecule has 1 heterocycles. The van der Waals surface area contributed by atoms with Crippen LogP contribution in [0, 0.1) is 0 Å². The highest BCUT2D eigenvalue weighted by Crippen LogP contribution is 2.37. The number of methoxy groups -OCH3 is 1. The molecule has 1 unspecified atom stereocenters. The summed E-state index contributed by atoms with van der Waals surface area (Å²) < 4.78 is 11.1. The fourth-order valence-corrected chi connectivity index (χ4v) is 2.21. The molecule has 0 fully saturated rings. The lowest BCUT2D eigenvalue weighted by molar-refractivity contribution is 0.0591. The Kier molecular flexibility index (Phi) is 3.16. The third-order valence-corrected chi connectivity index (χ3v) is 3.27. The van der Waals surface area contributed by atoms with E-state index in [2.05, 4.69) is 20.7 Å². The Balaban J connectivity index is 2.45. The smallest absolute Gasteiger partial charge is 0.341 e. The van der Waals surface area contributed by atoms with Crippen LogP contribution in [0.15, 0.2) is 16.6 Å². The van der Waals surface area contributed by atoms with Gasteiger partial charge in [-0.3, -0.25) is 0 Å². The first-order chi connectivity index (χ1) is 7.67. The van der Waals surface area contributed by atoms with Crippen molar-refractivity contribution < 1.29 is 19.4 Å². The van der Waals surface area contributed by atoms with Crippen molar-refractivity contribution in [2.45, 2.75) is 12.5 Å². The second kappa shape index (κ2) is 4.43. The molecule has 1 atom stereocenters. The Morgan fingerprint density at radius 2 is 2.44 bits per heavy atom. The molecule has 0 aromatic heterocycles. The van der Waals surface area contributed by atoms with Crippen molar-refractivity contribution in [2.24, 2.45) is 0 Å². The van der Waals surface area contributed by atoms with Gasteiger partial charge in [-0.15, -0.1) is 0 Å². The Hall–Kier alpha value is -1.07. The predicted octanol–water partition coefficient (Wildman–Crippen LogP) is 1.53. The van der Waals surface area contributed by atoms with Gasteiger partial charge in [0.2, 0.25) is 0 Å². The van der Waals surface area contributed by atoms with E-state index in [0.717, 1.165) is 10.0 Å². The van der Waals surface area contributed by atoms with Crippen molar-refractivity contribution in [3.8, 4) is 5.75 Å². The van der Waals surface area contributed by atoms with Gasteiger partial charge in [-0.2, -0.15) is 0 Å². The summed E-state index contributed by atoms with van der Waals surface area (Å²) in [5.41, 5.74) is 1.30. The van der Waals surface area contributed by atoms with Gasteiger partial charge in [0.15, 0.2) is 0 Å². The van der Waals surface area contributed by atoms with Gasteiger partial charge in [-0.25, -0.2) is 4.79 Å². The number of benzene rings is 1. The van der Waals surface area contributed by atoms with Gasteiger partial charge >= 0.3 is 5.97 Å². The van der Waals surface area contributed by atoms with E-state index in [0.29, 0.717) is 17.7 Å². The minimum Gasteiger partial charge on any atom is -0.486 e. The molecular weight excluding hydrogens is 276 g/mol. The average Bonchev–Trinajstić information content (AvgIpc) is 2.73. The van der Waals surface area contributed by atoms with E-state index in [-0.39, 0.29) is 12.7 Å². The van der Waals surface area contributed by atoms with E-state index >= 15 is 0 Å². The lowest BCUT2D eigenvalue weighted by atomic mass is 10.1. The standard InChI is InChI=1S/C11H11BrO4/c1-15-11(14)7-2-3-9(12)8-4-6(5-13)16-10(7)8/h2-3,6,13H,4-5H2,1H3. The number of carbonyl (C=O) groups is 1. The quantitative estimate of drug-likeness (QED) is 0.838. The minimum absolute atomic E-state index is 0.0677. The molecule has 0 bridgehead atoms. The fraction of sp³-hybridized carbons (Fsp3) is 0.364. The lowest BCUT2D eigenvalue weighted by Crippen LogP contribution is -2.17. The number of esters is 1. The summed E-state index contributed by atoms with van der Waals surface area (Å²) in [6, 6.07) is 3.43. The van der Waals surface area contributed by atoms with Crippen LogP contribution < -0.4 is 4.74 Å². The highest BCUT2D eigenvalue weighted by Gasteiger charge is 2.29. The van der Waals surface area contributed by atoms with Crippen LogP contribution in [0.25, 0.3) is 0 Å². The number of carbonyl (C=O) groups excluding carboxylic acids is 1. The van der Waals surface area contributed by atoms with Crippen molar-refractivity contribution in [2.75, 3.05) is 13.7 Å². The maximum atomic E-state index is 11.5. The monoisotopic (exact) mass is 286 g/mol. The van der Waals surface area contributed by atoms with E-state index in [1.807, 2.05) is 0 Å². The second-order valence-electron chi connectivity index (χ2n) is 3.52. The third kappa shape index (κ3) is 1.81. The summed E-state index contributed by atoms with van der Waals surface area (Å²) in [6.45, 7) is -0.0677. The second-order valence-corrected chi connectivity index (χ2v) is 4.38. The molecule has 1 N–H and O–H groups in total. The zero-order valence-corrected chi connectivity index (χ0v) is 10.3. The van der Waals surface area contributed by atoms with Crippen LogP contribution in [0.1, 0.15) is 15.9 Å². The number of halogens is 1. The van der Waals surface area contributed by atoms with E-state index in [9.17, 15) is 4.79 Å². The lowest BCUT2D eigenvalue weighted by Gasteiger charge is -2.09. The Labute approximate surface area is 101 Å².